The topological polar surface area (TPSA) is 61.8 Å². The van der Waals surface area contributed by atoms with Gasteiger partial charge in [0.05, 0.1) is 13.2 Å². The Hall–Kier alpha value is -1.10. The molecule has 0 aromatic rings. The van der Waals surface area contributed by atoms with Crippen LogP contribution < -0.4 is 0 Å². The van der Waals surface area contributed by atoms with E-state index in [1.165, 1.54) is 0 Å². The van der Waals surface area contributed by atoms with E-state index >= 15 is 0 Å². The molecular weight excluding hydrogens is 272 g/mol. The Morgan fingerprint density at radius 1 is 0.952 bits per heavy atom. The van der Waals surface area contributed by atoms with Crippen molar-refractivity contribution in [2.24, 2.45) is 11.3 Å². The normalized spacial score (nSPS) is 12.8. The Morgan fingerprint density at radius 2 is 1.48 bits per heavy atom. The molecule has 5 nitrogen and oxygen atoms in total. The first kappa shape index (κ1) is 19.9. The fraction of sp³-hybridized carbons (Fsp3) is 0.875. The second kappa shape index (κ2) is 10.6. The lowest BCUT2D eigenvalue weighted by Crippen LogP contribution is -2.41. The van der Waals surface area contributed by atoms with Crippen LogP contribution >= 0.6 is 0 Å². The summed E-state index contributed by atoms with van der Waals surface area (Å²) < 4.78 is 15.4. The zero-order valence-corrected chi connectivity index (χ0v) is 14.1. The molecule has 0 aromatic carbocycles. The van der Waals surface area contributed by atoms with Crippen LogP contribution in [-0.4, -0.2) is 38.9 Å². The van der Waals surface area contributed by atoms with Gasteiger partial charge in [0.1, 0.15) is 0 Å². The smallest absolute Gasteiger partial charge is 0.323 e. The first-order valence-electron chi connectivity index (χ1n) is 7.81. The van der Waals surface area contributed by atoms with E-state index in [2.05, 4.69) is 6.92 Å². The molecule has 0 aliphatic heterocycles. The van der Waals surface area contributed by atoms with E-state index in [0.717, 1.165) is 12.8 Å². The predicted molar refractivity (Wildman–Crippen MR) is 80.9 cm³/mol. The predicted octanol–water partition coefficient (Wildman–Crippen LogP) is 2.96. The van der Waals surface area contributed by atoms with Crippen LogP contribution in [-0.2, 0) is 23.8 Å². The first-order chi connectivity index (χ1) is 9.98. The number of methoxy groups -OCH3 is 1. The molecule has 0 spiro atoms. The van der Waals surface area contributed by atoms with Crippen molar-refractivity contribution in [1.82, 2.24) is 0 Å². The van der Waals surface area contributed by atoms with Crippen LogP contribution in [0.1, 0.15) is 53.4 Å². The highest BCUT2D eigenvalue weighted by Gasteiger charge is 2.45. The van der Waals surface area contributed by atoms with E-state index in [-0.39, 0.29) is 6.61 Å². The van der Waals surface area contributed by atoms with Crippen molar-refractivity contribution in [2.75, 3.05) is 26.9 Å². The molecule has 0 aliphatic rings. The minimum absolute atomic E-state index is 0.266. The van der Waals surface area contributed by atoms with Crippen LogP contribution in [0.2, 0.25) is 0 Å². The second-order valence-corrected chi connectivity index (χ2v) is 5.32. The molecule has 1 unspecified atom stereocenters. The average molecular weight is 302 g/mol. The van der Waals surface area contributed by atoms with Crippen LogP contribution in [0.15, 0.2) is 0 Å². The molecule has 0 fully saturated rings. The molecule has 0 saturated heterocycles. The SMILES string of the molecule is CCOC(=O)C(CC)(CC)C(=O)OCCC(C)CCOC. The standard InChI is InChI=1S/C16H30O5/c1-6-16(7-2,14(17)20-8-3)15(18)21-12-10-13(4)9-11-19-5/h13H,6-12H2,1-5H3. The van der Waals surface area contributed by atoms with Crippen LogP contribution in [0.4, 0.5) is 0 Å². The summed E-state index contributed by atoms with van der Waals surface area (Å²) in [6.07, 6.45) is 2.47. The van der Waals surface area contributed by atoms with Gasteiger partial charge in [-0.1, -0.05) is 20.8 Å². The summed E-state index contributed by atoms with van der Waals surface area (Å²) in [6.45, 7) is 8.73. The Labute approximate surface area is 128 Å². The minimum atomic E-state index is -1.16. The van der Waals surface area contributed by atoms with E-state index in [1.54, 1.807) is 14.0 Å². The van der Waals surface area contributed by atoms with Crippen molar-refractivity contribution in [3.05, 3.63) is 0 Å². The third kappa shape index (κ3) is 6.04. The molecule has 0 aromatic heterocycles. The number of hydrogen-bond donors (Lipinski definition) is 0. The maximum atomic E-state index is 12.3. The molecule has 0 aliphatic carbocycles. The third-order valence-corrected chi connectivity index (χ3v) is 3.92. The van der Waals surface area contributed by atoms with E-state index in [1.807, 2.05) is 13.8 Å². The summed E-state index contributed by atoms with van der Waals surface area (Å²) >= 11 is 0. The maximum absolute atomic E-state index is 12.3. The molecule has 5 heteroatoms. The summed E-state index contributed by atoms with van der Waals surface area (Å²) in [6, 6.07) is 0. The molecule has 0 amide bonds. The molecule has 1 atom stereocenters. The van der Waals surface area contributed by atoms with E-state index < -0.39 is 17.4 Å². The van der Waals surface area contributed by atoms with Crippen molar-refractivity contribution in [1.29, 1.82) is 0 Å². The summed E-state index contributed by atoms with van der Waals surface area (Å²) in [5.74, 6) is -0.532. The van der Waals surface area contributed by atoms with Crippen LogP contribution in [0, 0.1) is 11.3 Å². The van der Waals surface area contributed by atoms with Crippen molar-refractivity contribution in [3.8, 4) is 0 Å². The Kier molecular flexibility index (Phi) is 10.0. The highest BCUT2D eigenvalue weighted by molar-refractivity contribution is 5.99. The van der Waals surface area contributed by atoms with Gasteiger partial charge in [0, 0.05) is 13.7 Å². The van der Waals surface area contributed by atoms with Crippen LogP contribution in [0.3, 0.4) is 0 Å². The number of carbonyl (C=O) groups is 2. The van der Waals surface area contributed by atoms with Gasteiger partial charge in [0.25, 0.3) is 0 Å². The summed E-state index contributed by atoms with van der Waals surface area (Å²) in [5.41, 5.74) is -1.16. The monoisotopic (exact) mass is 302 g/mol. The molecule has 0 heterocycles. The number of esters is 2. The molecule has 0 bridgehead atoms. The van der Waals surface area contributed by atoms with E-state index in [0.29, 0.717) is 32.0 Å². The van der Waals surface area contributed by atoms with Crippen molar-refractivity contribution < 1.29 is 23.8 Å². The van der Waals surface area contributed by atoms with Gasteiger partial charge in [-0.25, -0.2) is 0 Å². The van der Waals surface area contributed by atoms with Crippen molar-refractivity contribution >= 4 is 11.9 Å². The molecule has 21 heavy (non-hydrogen) atoms. The van der Waals surface area contributed by atoms with Gasteiger partial charge in [-0.15, -0.1) is 0 Å². The third-order valence-electron chi connectivity index (χ3n) is 3.92. The number of ether oxygens (including phenoxy) is 3. The zero-order chi connectivity index (χ0) is 16.3. The van der Waals surface area contributed by atoms with Crippen molar-refractivity contribution in [2.45, 2.75) is 53.4 Å². The fourth-order valence-corrected chi connectivity index (χ4v) is 2.13. The Morgan fingerprint density at radius 3 is 1.95 bits per heavy atom. The molecule has 124 valence electrons. The van der Waals surface area contributed by atoms with E-state index in [4.69, 9.17) is 14.2 Å². The van der Waals surface area contributed by atoms with Gasteiger partial charge in [-0.2, -0.15) is 0 Å². The lowest BCUT2D eigenvalue weighted by Gasteiger charge is -2.26. The van der Waals surface area contributed by atoms with Gasteiger partial charge in [0.2, 0.25) is 0 Å². The maximum Gasteiger partial charge on any atom is 0.323 e. The second-order valence-electron chi connectivity index (χ2n) is 5.32. The summed E-state index contributed by atoms with van der Waals surface area (Å²) in [4.78, 5) is 24.4. The minimum Gasteiger partial charge on any atom is -0.465 e. The van der Waals surface area contributed by atoms with Crippen LogP contribution in [0.25, 0.3) is 0 Å². The number of hydrogen-bond acceptors (Lipinski definition) is 5. The quantitative estimate of drug-likeness (QED) is 0.434. The highest BCUT2D eigenvalue weighted by atomic mass is 16.6. The van der Waals surface area contributed by atoms with Gasteiger partial charge in [0.15, 0.2) is 5.41 Å². The fourth-order valence-electron chi connectivity index (χ4n) is 2.13. The molecule has 0 rings (SSSR count). The molecule has 0 N–H and O–H groups in total. The molecular formula is C16H30O5. The first-order valence-corrected chi connectivity index (χ1v) is 7.81. The van der Waals surface area contributed by atoms with Gasteiger partial charge in [-0.05, 0) is 38.5 Å². The lowest BCUT2D eigenvalue weighted by atomic mass is 9.82. The van der Waals surface area contributed by atoms with Crippen LogP contribution in [0.5, 0.6) is 0 Å². The van der Waals surface area contributed by atoms with Gasteiger partial charge in [-0.3, -0.25) is 9.59 Å². The Bertz CT molecular complexity index is 310. The lowest BCUT2D eigenvalue weighted by molar-refractivity contribution is -0.173. The summed E-state index contributed by atoms with van der Waals surface area (Å²) in [5, 5.41) is 0. The zero-order valence-electron chi connectivity index (χ0n) is 14.1. The largest absolute Gasteiger partial charge is 0.465 e. The number of rotatable bonds is 11. The van der Waals surface area contributed by atoms with Gasteiger partial charge < -0.3 is 14.2 Å². The average Bonchev–Trinajstić information content (AvgIpc) is 2.47. The number of carbonyl (C=O) groups excluding carboxylic acids is 2. The molecule has 0 radical (unpaired) electrons. The highest BCUT2D eigenvalue weighted by Crippen LogP contribution is 2.30. The van der Waals surface area contributed by atoms with Crippen molar-refractivity contribution in [3.63, 3.8) is 0 Å². The van der Waals surface area contributed by atoms with Gasteiger partial charge >= 0.3 is 11.9 Å². The van der Waals surface area contributed by atoms with E-state index in [9.17, 15) is 9.59 Å². The Balaban J connectivity index is 4.46. The summed E-state index contributed by atoms with van der Waals surface area (Å²) in [7, 11) is 1.67. The molecule has 0 saturated carbocycles.